The largest absolute Gasteiger partial charge is 0.466 e. The molecule has 1 amide bonds. The molecule has 0 bridgehead atoms. The average Bonchev–Trinajstić information content (AvgIpc) is 3.24. The molecule has 3 aromatic carbocycles. The van der Waals surface area contributed by atoms with Crippen molar-refractivity contribution in [1.29, 1.82) is 0 Å². The van der Waals surface area contributed by atoms with Crippen LogP contribution in [0.1, 0.15) is 15.9 Å². The monoisotopic (exact) mass is 463 g/mol. The Kier molecular flexibility index (Phi) is 6.05. The molecule has 0 saturated carbocycles. The number of benzene rings is 3. The van der Waals surface area contributed by atoms with Gasteiger partial charge in [0.15, 0.2) is 5.82 Å². The summed E-state index contributed by atoms with van der Waals surface area (Å²) >= 11 is 5.82. The molecular weight excluding hydrogens is 446 g/mol. The highest BCUT2D eigenvalue weighted by molar-refractivity contribution is 6.32. The van der Waals surface area contributed by atoms with E-state index in [0.29, 0.717) is 17.2 Å². The molecule has 166 valence electrons. The number of rotatable bonds is 6. The molecule has 1 N–H and O–H groups in total. The van der Waals surface area contributed by atoms with E-state index in [1.54, 1.807) is 28.9 Å². The highest BCUT2D eigenvalue weighted by atomic mass is 35.5. The van der Waals surface area contributed by atoms with Crippen molar-refractivity contribution in [2.45, 2.75) is 6.92 Å². The van der Waals surface area contributed by atoms with E-state index in [9.17, 15) is 14.9 Å². The molecule has 0 unspecified atom stereocenters. The maximum absolute atomic E-state index is 12.6. The van der Waals surface area contributed by atoms with E-state index in [-0.39, 0.29) is 22.3 Å². The van der Waals surface area contributed by atoms with Gasteiger partial charge in [0.05, 0.1) is 17.7 Å². The molecule has 1 aromatic heterocycles. The van der Waals surface area contributed by atoms with Crippen molar-refractivity contribution >= 4 is 28.9 Å². The van der Waals surface area contributed by atoms with Crippen LogP contribution in [0.5, 0.6) is 6.01 Å². The molecule has 0 fully saturated rings. The zero-order valence-corrected chi connectivity index (χ0v) is 18.4. The minimum Gasteiger partial charge on any atom is -0.466 e. The predicted molar refractivity (Wildman–Crippen MR) is 124 cm³/mol. The Morgan fingerprint density at radius 1 is 1.12 bits per heavy atom. The van der Waals surface area contributed by atoms with E-state index >= 15 is 0 Å². The topological polar surface area (TPSA) is 112 Å². The summed E-state index contributed by atoms with van der Waals surface area (Å²) in [7, 11) is 1.50. The van der Waals surface area contributed by atoms with Gasteiger partial charge in [-0.2, -0.15) is 4.98 Å². The summed E-state index contributed by atoms with van der Waals surface area (Å²) in [5.41, 5.74) is 2.96. The molecule has 9 nitrogen and oxygen atoms in total. The number of ether oxygens (including phenoxy) is 1. The number of anilines is 1. The number of carbonyl (C=O) groups is 1. The number of nitro benzene ring substituents is 1. The summed E-state index contributed by atoms with van der Waals surface area (Å²) in [6.07, 6.45) is 0. The molecule has 0 aliphatic rings. The molecule has 33 heavy (non-hydrogen) atoms. The maximum Gasteiger partial charge on any atom is 0.336 e. The van der Waals surface area contributed by atoms with Crippen LogP contribution in [-0.2, 0) is 0 Å². The van der Waals surface area contributed by atoms with Gasteiger partial charge in [0.1, 0.15) is 5.02 Å². The van der Waals surface area contributed by atoms with E-state index in [2.05, 4.69) is 15.4 Å². The second kappa shape index (κ2) is 9.09. The first-order chi connectivity index (χ1) is 15.9. The van der Waals surface area contributed by atoms with Crippen molar-refractivity contribution in [2.24, 2.45) is 0 Å². The number of halogens is 1. The fraction of sp³-hybridized carbons (Fsp3) is 0.0870. The second-order valence-electron chi connectivity index (χ2n) is 7.07. The third-order valence-corrected chi connectivity index (χ3v) is 5.25. The SMILES string of the molecule is COc1nc(-c2ccccc2C)n(-c2ccc(NC(=O)c3ccc(Cl)c([N+](=O)[O-])c3)cc2)n1. The first-order valence-electron chi connectivity index (χ1n) is 9.80. The van der Waals surface area contributed by atoms with E-state index in [4.69, 9.17) is 16.3 Å². The summed E-state index contributed by atoms with van der Waals surface area (Å²) in [5, 5.41) is 18.2. The molecule has 0 radical (unpaired) electrons. The Hall–Kier alpha value is -4.24. The van der Waals surface area contributed by atoms with Crippen LogP contribution >= 0.6 is 11.6 Å². The Morgan fingerprint density at radius 2 is 1.85 bits per heavy atom. The number of hydrogen-bond donors (Lipinski definition) is 1. The number of nitro groups is 1. The number of hydrogen-bond acceptors (Lipinski definition) is 6. The van der Waals surface area contributed by atoms with Gasteiger partial charge < -0.3 is 10.1 Å². The highest BCUT2D eigenvalue weighted by Gasteiger charge is 2.18. The molecule has 4 aromatic rings. The lowest BCUT2D eigenvalue weighted by atomic mass is 10.1. The van der Waals surface area contributed by atoms with Gasteiger partial charge in [-0.25, -0.2) is 4.68 Å². The Labute approximate surface area is 193 Å². The summed E-state index contributed by atoms with van der Waals surface area (Å²) < 4.78 is 6.88. The van der Waals surface area contributed by atoms with Crippen LogP contribution in [0, 0.1) is 17.0 Å². The Bertz CT molecular complexity index is 1350. The fourth-order valence-electron chi connectivity index (χ4n) is 3.24. The minimum absolute atomic E-state index is 0.0337. The van der Waals surface area contributed by atoms with E-state index < -0.39 is 10.8 Å². The lowest BCUT2D eigenvalue weighted by molar-refractivity contribution is -0.384. The third kappa shape index (κ3) is 4.53. The van der Waals surface area contributed by atoms with Crippen LogP contribution in [0.25, 0.3) is 17.1 Å². The molecule has 0 saturated heterocycles. The van der Waals surface area contributed by atoms with Crippen LogP contribution in [-0.4, -0.2) is 32.7 Å². The minimum atomic E-state index is -0.633. The first kappa shape index (κ1) is 22.0. The number of aromatic nitrogens is 3. The average molecular weight is 464 g/mol. The predicted octanol–water partition coefficient (Wildman–Crippen LogP) is 5.07. The summed E-state index contributed by atoms with van der Waals surface area (Å²) in [4.78, 5) is 27.5. The van der Waals surface area contributed by atoms with Gasteiger partial charge in [-0.15, -0.1) is 5.10 Å². The van der Waals surface area contributed by atoms with E-state index in [1.165, 1.54) is 19.2 Å². The summed E-state index contributed by atoms with van der Waals surface area (Å²) in [6.45, 7) is 1.99. The van der Waals surface area contributed by atoms with Crippen LogP contribution in [0.4, 0.5) is 11.4 Å². The smallest absolute Gasteiger partial charge is 0.336 e. The normalized spacial score (nSPS) is 10.6. The number of aryl methyl sites for hydroxylation is 1. The number of nitrogens with one attached hydrogen (secondary N) is 1. The van der Waals surface area contributed by atoms with Gasteiger partial charge in [0.2, 0.25) is 0 Å². The summed E-state index contributed by atoms with van der Waals surface area (Å²) in [6, 6.07) is 18.9. The maximum atomic E-state index is 12.6. The van der Waals surface area contributed by atoms with Crippen LogP contribution in [0.15, 0.2) is 66.7 Å². The lowest BCUT2D eigenvalue weighted by Crippen LogP contribution is -2.12. The lowest BCUT2D eigenvalue weighted by Gasteiger charge is -2.10. The van der Waals surface area contributed by atoms with Crippen LogP contribution in [0.2, 0.25) is 5.02 Å². The summed E-state index contributed by atoms with van der Waals surface area (Å²) in [5.74, 6) is 0.126. The first-order valence-corrected chi connectivity index (χ1v) is 10.2. The van der Waals surface area contributed by atoms with Crippen molar-refractivity contribution < 1.29 is 14.5 Å². The number of amides is 1. The van der Waals surface area contributed by atoms with Crippen molar-refractivity contribution in [3.8, 4) is 23.1 Å². The second-order valence-corrected chi connectivity index (χ2v) is 7.48. The van der Waals surface area contributed by atoms with Gasteiger partial charge >= 0.3 is 6.01 Å². The van der Waals surface area contributed by atoms with Crippen molar-refractivity contribution in [1.82, 2.24) is 14.8 Å². The highest BCUT2D eigenvalue weighted by Crippen LogP contribution is 2.28. The van der Waals surface area contributed by atoms with Crippen LogP contribution in [0.3, 0.4) is 0 Å². The Balaban J connectivity index is 1.60. The number of nitrogens with zero attached hydrogens (tertiary/aromatic N) is 4. The molecule has 0 aliphatic carbocycles. The number of methoxy groups -OCH3 is 1. The fourth-order valence-corrected chi connectivity index (χ4v) is 3.43. The molecule has 10 heteroatoms. The van der Waals surface area contributed by atoms with Gasteiger partial charge in [0, 0.05) is 22.9 Å². The standard InChI is InChI=1S/C23H18ClN5O4/c1-14-5-3-4-6-18(14)21-26-23(33-2)27-28(21)17-10-8-16(9-11-17)25-22(30)15-7-12-19(24)20(13-15)29(31)32/h3-13H,1-2H3,(H,25,30). The van der Waals surface area contributed by atoms with Gasteiger partial charge in [-0.3, -0.25) is 14.9 Å². The van der Waals surface area contributed by atoms with Crippen molar-refractivity contribution in [3.05, 3.63) is 93.0 Å². The Morgan fingerprint density at radius 3 is 2.52 bits per heavy atom. The molecule has 4 rings (SSSR count). The van der Waals surface area contributed by atoms with Crippen molar-refractivity contribution in [2.75, 3.05) is 12.4 Å². The van der Waals surface area contributed by atoms with E-state index in [0.717, 1.165) is 17.2 Å². The molecule has 0 atom stereocenters. The molecule has 1 heterocycles. The van der Waals surface area contributed by atoms with Gasteiger partial charge in [-0.1, -0.05) is 35.9 Å². The zero-order chi connectivity index (χ0) is 23.5. The third-order valence-electron chi connectivity index (χ3n) is 4.93. The number of carbonyl (C=O) groups excluding carboxylic acids is 1. The van der Waals surface area contributed by atoms with Gasteiger partial charge in [-0.05, 0) is 48.9 Å². The van der Waals surface area contributed by atoms with Gasteiger partial charge in [0.25, 0.3) is 11.6 Å². The van der Waals surface area contributed by atoms with Crippen molar-refractivity contribution in [3.63, 3.8) is 0 Å². The molecule has 0 aliphatic heterocycles. The van der Waals surface area contributed by atoms with Crippen LogP contribution < -0.4 is 10.1 Å². The zero-order valence-electron chi connectivity index (χ0n) is 17.7. The molecule has 0 spiro atoms. The molecular formula is C23H18ClN5O4. The quantitative estimate of drug-likeness (QED) is 0.315. The van der Waals surface area contributed by atoms with E-state index in [1.807, 2.05) is 31.2 Å².